The van der Waals surface area contributed by atoms with Crippen LogP contribution in [0.1, 0.15) is 31.9 Å². The second-order valence-electron chi connectivity index (χ2n) is 7.47. The Kier molecular flexibility index (Phi) is 6.06. The third-order valence-electron chi connectivity index (χ3n) is 4.29. The molecule has 0 saturated heterocycles. The molecule has 142 valence electrons. The molecule has 1 N–H and O–H groups in total. The Morgan fingerprint density at radius 3 is 1.46 bits per heavy atom. The van der Waals surface area contributed by atoms with Crippen molar-refractivity contribution in [2.45, 2.75) is 32.8 Å². The van der Waals surface area contributed by atoms with Gasteiger partial charge in [-0.3, -0.25) is 0 Å². The molecule has 3 rings (SSSR count). The van der Waals surface area contributed by atoms with Crippen molar-refractivity contribution in [3.8, 4) is 0 Å². The fraction of sp³-hybridized carbons (Fsp3) is 0.217. The molecule has 0 aliphatic heterocycles. The molecular formula is C23H24N4O. The Balaban J connectivity index is 2.07. The van der Waals surface area contributed by atoms with E-state index in [0.29, 0.717) is 16.9 Å². The molecule has 3 aromatic carbocycles. The van der Waals surface area contributed by atoms with E-state index in [0.717, 1.165) is 16.9 Å². The summed E-state index contributed by atoms with van der Waals surface area (Å²) < 4.78 is 0. The molecule has 0 saturated carbocycles. The van der Waals surface area contributed by atoms with Gasteiger partial charge in [0.25, 0.3) is 0 Å². The van der Waals surface area contributed by atoms with E-state index in [9.17, 15) is 5.11 Å². The van der Waals surface area contributed by atoms with Crippen LogP contribution >= 0.6 is 0 Å². The summed E-state index contributed by atoms with van der Waals surface area (Å²) in [7, 11) is 0. The van der Waals surface area contributed by atoms with Crippen molar-refractivity contribution in [3.63, 3.8) is 0 Å². The zero-order chi connectivity index (χ0) is 20.0. The standard InChI is InChI=1S/C23H24N4O/c1-23(2,3)17-14-21(26-24-18-10-6-4-7-11-18)20(16-28)22(15-17)27-25-19-12-8-5-9-13-19/h4-15,28H,16H2,1-3H3. The van der Waals surface area contributed by atoms with Crippen LogP contribution < -0.4 is 0 Å². The van der Waals surface area contributed by atoms with Crippen LogP contribution in [-0.2, 0) is 12.0 Å². The highest BCUT2D eigenvalue weighted by Gasteiger charge is 2.19. The smallest absolute Gasteiger partial charge is 0.0937 e. The molecule has 0 spiro atoms. The van der Waals surface area contributed by atoms with E-state index in [2.05, 4.69) is 41.2 Å². The highest BCUT2D eigenvalue weighted by Crippen LogP contribution is 2.37. The summed E-state index contributed by atoms with van der Waals surface area (Å²) in [6.07, 6.45) is 0. The number of benzene rings is 3. The number of aliphatic hydroxyl groups is 1. The molecule has 0 aliphatic rings. The van der Waals surface area contributed by atoms with Crippen molar-refractivity contribution in [1.29, 1.82) is 0 Å². The van der Waals surface area contributed by atoms with E-state index in [-0.39, 0.29) is 12.0 Å². The predicted molar refractivity (Wildman–Crippen MR) is 112 cm³/mol. The van der Waals surface area contributed by atoms with Gasteiger partial charge in [0.2, 0.25) is 0 Å². The van der Waals surface area contributed by atoms with E-state index in [1.54, 1.807) is 0 Å². The molecule has 0 amide bonds. The van der Waals surface area contributed by atoms with Crippen LogP contribution in [0.25, 0.3) is 0 Å². The Morgan fingerprint density at radius 1 is 0.679 bits per heavy atom. The number of rotatable bonds is 5. The molecule has 0 aliphatic carbocycles. The third kappa shape index (κ3) is 4.96. The quantitative estimate of drug-likeness (QED) is 0.469. The van der Waals surface area contributed by atoms with E-state index in [1.807, 2.05) is 72.8 Å². The minimum Gasteiger partial charge on any atom is -0.392 e. The molecule has 0 fully saturated rings. The molecule has 0 radical (unpaired) electrons. The first-order chi connectivity index (χ1) is 13.5. The van der Waals surface area contributed by atoms with E-state index >= 15 is 0 Å². The van der Waals surface area contributed by atoms with Gasteiger partial charge in [-0.05, 0) is 47.4 Å². The van der Waals surface area contributed by atoms with Gasteiger partial charge in [0.05, 0.1) is 29.4 Å². The molecule has 28 heavy (non-hydrogen) atoms. The van der Waals surface area contributed by atoms with Gasteiger partial charge in [-0.25, -0.2) is 0 Å². The van der Waals surface area contributed by atoms with Crippen LogP contribution in [-0.4, -0.2) is 5.11 Å². The Bertz CT molecular complexity index is 904. The first-order valence-electron chi connectivity index (χ1n) is 9.19. The minimum absolute atomic E-state index is 0.109. The van der Waals surface area contributed by atoms with Crippen LogP contribution in [0.2, 0.25) is 0 Å². The lowest BCUT2D eigenvalue weighted by atomic mass is 9.85. The summed E-state index contributed by atoms with van der Waals surface area (Å²) in [5.41, 5.74) is 4.24. The highest BCUT2D eigenvalue weighted by molar-refractivity contribution is 5.63. The zero-order valence-electron chi connectivity index (χ0n) is 16.4. The highest BCUT2D eigenvalue weighted by atomic mass is 16.3. The van der Waals surface area contributed by atoms with E-state index in [4.69, 9.17) is 0 Å². The second kappa shape index (κ2) is 8.67. The van der Waals surface area contributed by atoms with Gasteiger partial charge in [-0.1, -0.05) is 57.2 Å². The molecule has 5 heteroatoms. The molecule has 5 nitrogen and oxygen atoms in total. The maximum atomic E-state index is 9.98. The van der Waals surface area contributed by atoms with Gasteiger partial charge in [0.1, 0.15) is 0 Å². The second-order valence-corrected chi connectivity index (χ2v) is 7.47. The van der Waals surface area contributed by atoms with Crippen LogP contribution in [0.5, 0.6) is 0 Å². The minimum atomic E-state index is -0.198. The Hall–Kier alpha value is -3.18. The maximum absolute atomic E-state index is 9.98. The molecule has 0 aromatic heterocycles. The largest absolute Gasteiger partial charge is 0.392 e. The van der Waals surface area contributed by atoms with Gasteiger partial charge < -0.3 is 5.11 Å². The van der Waals surface area contributed by atoms with Crippen molar-refractivity contribution in [1.82, 2.24) is 0 Å². The van der Waals surface area contributed by atoms with Crippen molar-refractivity contribution < 1.29 is 5.11 Å². The maximum Gasteiger partial charge on any atom is 0.0937 e. The summed E-state index contributed by atoms with van der Waals surface area (Å²) in [5.74, 6) is 0. The summed E-state index contributed by atoms with van der Waals surface area (Å²) in [5, 5.41) is 27.4. The van der Waals surface area contributed by atoms with Gasteiger partial charge >= 0.3 is 0 Å². The Morgan fingerprint density at radius 2 is 1.11 bits per heavy atom. The Labute approximate surface area is 165 Å². The van der Waals surface area contributed by atoms with Crippen molar-refractivity contribution in [3.05, 3.63) is 83.9 Å². The van der Waals surface area contributed by atoms with Crippen LogP contribution in [0.4, 0.5) is 22.7 Å². The lowest BCUT2D eigenvalue weighted by Crippen LogP contribution is -2.11. The average Bonchev–Trinajstić information content (AvgIpc) is 2.71. The van der Waals surface area contributed by atoms with Gasteiger partial charge in [0.15, 0.2) is 0 Å². The summed E-state index contributed by atoms with van der Waals surface area (Å²) in [6.45, 7) is 6.17. The number of azo groups is 2. The van der Waals surface area contributed by atoms with Crippen LogP contribution in [0.15, 0.2) is 93.3 Å². The molecule has 3 aromatic rings. The SMILES string of the molecule is CC(C)(C)c1cc(N=Nc2ccccc2)c(CO)c(N=Nc2ccccc2)c1. The number of hydrogen-bond acceptors (Lipinski definition) is 5. The zero-order valence-corrected chi connectivity index (χ0v) is 16.4. The topological polar surface area (TPSA) is 69.7 Å². The first-order valence-corrected chi connectivity index (χ1v) is 9.19. The van der Waals surface area contributed by atoms with Gasteiger partial charge in [-0.2, -0.15) is 20.5 Å². The molecule has 0 heterocycles. The number of aliphatic hydroxyl groups excluding tert-OH is 1. The summed E-state index contributed by atoms with van der Waals surface area (Å²) in [6, 6.07) is 22.9. The molecule has 0 unspecified atom stereocenters. The third-order valence-corrected chi connectivity index (χ3v) is 4.29. The molecular weight excluding hydrogens is 348 g/mol. The lowest BCUT2D eigenvalue weighted by Gasteiger charge is -2.21. The van der Waals surface area contributed by atoms with E-state index < -0.39 is 0 Å². The molecule has 0 atom stereocenters. The van der Waals surface area contributed by atoms with Gasteiger partial charge in [0, 0.05) is 5.56 Å². The molecule has 0 bridgehead atoms. The van der Waals surface area contributed by atoms with E-state index in [1.165, 1.54) is 0 Å². The summed E-state index contributed by atoms with van der Waals surface area (Å²) in [4.78, 5) is 0. The first kappa shape index (κ1) is 19.6. The number of hydrogen-bond donors (Lipinski definition) is 1. The average molecular weight is 372 g/mol. The predicted octanol–water partition coefficient (Wildman–Crippen LogP) is 7.31. The van der Waals surface area contributed by atoms with Crippen molar-refractivity contribution in [2.75, 3.05) is 0 Å². The fourth-order valence-corrected chi connectivity index (χ4v) is 2.63. The van der Waals surface area contributed by atoms with Crippen molar-refractivity contribution >= 4 is 22.7 Å². The lowest BCUT2D eigenvalue weighted by molar-refractivity contribution is 0.282. The normalized spacial score (nSPS) is 12.1. The van der Waals surface area contributed by atoms with Crippen LogP contribution in [0, 0.1) is 0 Å². The summed E-state index contributed by atoms with van der Waals surface area (Å²) >= 11 is 0. The van der Waals surface area contributed by atoms with Crippen molar-refractivity contribution in [2.24, 2.45) is 20.5 Å². The van der Waals surface area contributed by atoms with Crippen LogP contribution in [0.3, 0.4) is 0 Å². The fourth-order valence-electron chi connectivity index (χ4n) is 2.63. The monoisotopic (exact) mass is 372 g/mol. The number of nitrogens with zero attached hydrogens (tertiary/aromatic N) is 4. The van der Waals surface area contributed by atoms with Gasteiger partial charge in [-0.15, -0.1) is 0 Å².